The van der Waals surface area contributed by atoms with Crippen molar-refractivity contribution in [2.45, 2.75) is 34.1 Å². The second-order valence-corrected chi connectivity index (χ2v) is 11.5. The molecule has 230 valence electrons. The smallest absolute Gasteiger partial charge is 0.335 e. The van der Waals surface area contributed by atoms with Gasteiger partial charge in [0.1, 0.15) is 11.3 Å². The average molecular weight is 729 g/mol. The molecular formula is C32H31Br2N3O7. The fraction of sp³-hybridized carbons (Fsp3) is 0.250. The Morgan fingerprint density at radius 2 is 1.66 bits per heavy atom. The van der Waals surface area contributed by atoms with Crippen LogP contribution >= 0.6 is 31.9 Å². The third-order valence-electron chi connectivity index (χ3n) is 6.38. The number of imide groups is 2. The Bertz CT molecular complexity index is 1630. The van der Waals surface area contributed by atoms with Gasteiger partial charge in [0.25, 0.3) is 17.7 Å². The quantitative estimate of drug-likeness (QED) is 0.166. The lowest BCUT2D eigenvalue weighted by Crippen LogP contribution is -2.54. The Balaban J connectivity index is 1.54. The highest BCUT2D eigenvalue weighted by atomic mass is 79.9. The van der Waals surface area contributed by atoms with Crippen LogP contribution in [0.25, 0.3) is 6.08 Å². The third-order valence-corrected chi connectivity index (χ3v) is 7.56. The molecule has 0 saturated carbocycles. The van der Waals surface area contributed by atoms with Crippen molar-refractivity contribution in [1.29, 1.82) is 0 Å². The molecule has 2 N–H and O–H groups in total. The van der Waals surface area contributed by atoms with E-state index >= 15 is 0 Å². The van der Waals surface area contributed by atoms with Crippen LogP contribution in [0.4, 0.5) is 16.2 Å². The summed E-state index contributed by atoms with van der Waals surface area (Å²) in [6, 6.07) is 12.8. The molecule has 10 nitrogen and oxygen atoms in total. The van der Waals surface area contributed by atoms with Gasteiger partial charge in [-0.2, -0.15) is 0 Å². The van der Waals surface area contributed by atoms with Gasteiger partial charge in [-0.15, -0.1) is 0 Å². The molecule has 44 heavy (non-hydrogen) atoms. The minimum Gasteiger partial charge on any atom is -0.490 e. The lowest BCUT2D eigenvalue weighted by Gasteiger charge is -2.27. The summed E-state index contributed by atoms with van der Waals surface area (Å²) in [5.74, 6) is -0.776. The number of urea groups is 1. The first-order chi connectivity index (χ1) is 21.0. The molecule has 12 heteroatoms. The van der Waals surface area contributed by atoms with Crippen LogP contribution in [0.2, 0.25) is 0 Å². The SMILES string of the molecule is CCCOc1ccc(N2C(=O)NC(=O)/C(=C\c3cc(Br)c(OCC(=O)Nc4ccc(C)cc4C)c(Br)c3)C2=O)cc1OCC. The van der Waals surface area contributed by atoms with E-state index in [0.29, 0.717) is 50.7 Å². The van der Waals surface area contributed by atoms with Crippen LogP contribution in [0.5, 0.6) is 17.2 Å². The number of nitrogens with one attached hydrogen (secondary N) is 2. The molecule has 0 aromatic heterocycles. The number of carbonyl (C=O) groups excluding carboxylic acids is 4. The zero-order valence-electron chi connectivity index (χ0n) is 24.6. The lowest BCUT2D eigenvalue weighted by atomic mass is 10.1. The molecule has 1 fully saturated rings. The number of ether oxygens (including phenoxy) is 3. The van der Waals surface area contributed by atoms with Gasteiger partial charge in [0, 0.05) is 11.8 Å². The van der Waals surface area contributed by atoms with Crippen molar-refractivity contribution in [3.05, 3.63) is 79.7 Å². The summed E-state index contributed by atoms with van der Waals surface area (Å²) < 4.78 is 18.1. The Labute approximate surface area is 272 Å². The maximum Gasteiger partial charge on any atom is 0.335 e. The summed E-state index contributed by atoms with van der Waals surface area (Å²) >= 11 is 6.89. The van der Waals surface area contributed by atoms with E-state index in [4.69, 9.17) is 14.2 Å². The zero-order valence-corrected chi connectivity index (χ0v) is 27.8. The van der Waals surface area contributed by atoms with Gasteiger partial charge in [-0.05, 0) is 107 Å². The summed E-state index contributed by atoms with van der Waals surface area (Å²) in [4.78, 5) is 52.4. The lowest BCUT2D eigenvalue weighted by molar-refractivity contribution is -0.122. The minimum atomic E-state index is -0.882. The molecule has 0 radical (unpaired) electrons. The normalized spacial score (nSPS) is 14.0. The number of carbonyl (C=O) groups is 4. The van der Waals surface area contributed by atoms with Crippen LogP contribution in [0.15, 0.2) is 63.0 Å². The van der Waals surface area contributed by atoms with E-state index in [1.807, 2.05) is 45.9 Å². The Morgan fingerprint density at radius 1 is 0.932 bits per heavy atom. The van der Waals surface area contributed by atoms with Gasteiger partial charge in [-0.1, -0.05) is 24.6 Å². The highest BCUT2D eigenvalue weighted by Crippen LogP contribution is 2.37. The van der Waals surface area contributed by atoms with E-state index in [9.17, 15) is 19.2 Å². The van der Waals surface area contributed by atoms with Crippen LogP contribution in [0, 0.1) is 13.8 Å². The highest BCUT2D eigenvalue weighted by Gasteiger charge is 2.37. The van der Waals surface area contributed by atoms with Crippen molar-refractivity contribution in [3.8, 4) is 17.2 Å². The monoisotopic (exact) mass is 727 g/mol. The minimum absolute atomic E-state index is 0.211. The first kappa shape index (κ1) is 32.7. The van der Waals surface area contributed by atoms with E-state index in [0.717, 1.165) is 22.4 Å². The van der Waals surface area contributed by atoms with Gasteiger partial charge in [0.15, 0.2) is 18.1 Å². The number of amides is 5. The van der Waals surface area contributed by atoms with Gasteiger partial charge in [0.05, 0.1) is 27.8 Å². The molecule has 1 aliphatic heterocycles. The summed E-state index contributed by atoms with van der Waals surface area (Å²) in [6.07, 6.45) is 2.16. The first-order valence-corrected chi connectivity index (χ1v) is 15.4. The number of benzene rings is 3. The van der Waals surface area contributed by atoms with E-state index in [1.54, 1.807) is 24.3 Å². The number of rotatable bonds is 11. The van der Waals surface area contributed by atoms with Gasteiger partial charge >= 0.3 is 6.03 Å². The number of hydrogen-bond acceptors (Lipinski definition) is 7. The van der Waals surface area contributed by atoms with Gasteiger partial charge < -0.3 is 19.5 Å². The van der Waals surface area contributed by atoms with Crippen LogP contribution in [0.3, 0.4) is 0 Å². The van der Waals surface area contributed by atoms with Gasteiger partial charge in [-0.3, -0.25) is 19.7 Å². The molecule has 5 amide bonds. The molecule has 1 heterocycles. The van der Waals surface area contributed by atoms with E-state index in [2.05, 4.69) is 42.5 Å². The zero-order chi connectivity index (χ0) is 32.0. The molecule has 0 unspecified atom stereocenters. The van der Waals surface area contributed by atoms with Crippen molar-refractivity contribution in [2.24, 2.45) is 0 Å². The number of nitrogens with zero attached hydrogens (tertiary/aromatic N) is 1. The van der Waals surface area contributed by atoms with Crippen molar-refractivity contribution in [2.75, 3.05) is 30.0 Å². The highest BCUT2D eigenvalue weighted by molar-refractivity contribution is 9.11. The summed E-state index contributed by atoms with van der Waals surface area (Å²) in [5.41, 5.74) is 3.14. The predicted octanol–water partition coefficient (Wildman–Crippen LogP) is 6.70. The maximum atomic E-state index is 13.5. The molecule has 1 saturated heterocycles. The van der Waals surface area contributed by atoms with E-state index in [-0.39, 0.29) is 23.8 Å². The van der Waals surface area contributed by atoms with Gasteiger partial charge in [0.2, 0.25) is 0 Å². The summed E-state index contributed by atoms with van der Waals surface area (Å²) in [5, 5.41) is 5.06. The van der Waals surface area contributed by atoms with Crippen molar-refractivity contribution >= 4 is 73.1 Å². The molecule has 1 aliphatic rings. The Kier molecular flexibility index (Phi) is 10.8. The number of aryl methyl sites for hydroxylation is 2. The molecule has 4 rings (SSSR count). The number of halogens is 2. The molecule has 0 atom stereocenters. The fourth-order valence-electron chi connectivity index (χ4n) is 4.37. The van der Waals surface area contributed by atoms with E-state index < -0.39 is 17.8 Å². The largest absolute Gasteiger partial charge is 0.490 e. The second kappa shape index (κ2) is 14.5. The molecule has 3 aromatic carbocycles. The maximum absolute atomic E-state index is 13.5. The average Bonchev–Trinajstić information content (AvgIpc) is 2.96. The van der Waals surface area contributed by atoms with Crippen molar-refractivity contribution in [1.82, 2.24) is 5.32 Å². The third kappa shape index (κ3) is 7.67. The molecule has 3 aromatic rings. The molecular weight excluding hydrogens is 698 g/mol. The van der Waals surface area contributed by atoms with Crippen LogP contribution in [0.1, 0.15) is 37.0 Å². The first-order valence-electron chi connectivity index (χ1n) is 13.8. The Hall–Kier alpha value is -4.16. The number of anilines is 2. The van der Waals surface area contributed by atoms with Gasteiger partial charge in [-0.25, -0.2) is 9.69 Å². The van der Waals surface area contributed by atoms with E-state index in [1.165, 1.54) is 12.1 Å². The van der Waals surface area contributed by atoms with Crippen LogP contribution in [-0.4, -0.2) is 43.6 Å². The summed E-state index contributed by atoms with van der Waals surface area (Å²) in [7, 11) is 0. The fourth-order valence-corrected chi connectivity index (χ4v) is 5.82. The predicted molar refractivity (Wildman–Crippen MR) is 174 cm³/mol. The van der Waals surface area contributed by atoms with Crippen molar-refractivity contribution in [3.63, 3.8) is 0 Å². The number of barbiturate groups is 1. The van der Waals surface area contributed by atoms with Crippen LogP contribution in [-0.2, 0) is 14.4 Å². The molecule has 0 bridgehead atoms. The topological polar surface area (TPSA) is 123 Å². The number of hydrogen-bond donors (Lipinski definition) is 2. The standard InChI is InChI=1S/C32H31Br2N3O7/c1-5-11-43-26-10-8-21(16-27(26)42-6-2)37-31(40)22(30(39)36-32(37)41)13-20-14-23(33)29(24(34)15-20)44-17-28(38)35-25-9-7-18(3)12-19(25)4/h7-10,12-16H,5-6,11,17H2,1-4H3,(H,35,38)(H,36,39,41)/b22-13+. The second-order valence-electron chi connectivity index (χ2n) is 9.84. The Morgan fingerprint density at radius 3 is 2.32 bits per heavy atom. The summed E-state index contributed by atoms with van der Waals surface area (Å²) in [6.45, 7) is 8.23. The van der Waals surface area contributed by atoms with Crippen molar-refractivity contribution < 1.29 is 33.4 Å². The molecule has 0 aliphatic carbocycles. The van der Waals surface area contributed by atoms with Crippen LogP contribution < -0.4 is 29.7 Å². The molecule has 0 spiro atoms.